The summed E-state index contributed by atoms with van der Waals surface area (Å²) in [6, 6.07) is 48.4. The maximum absolute atomic E-state index is 13.7. The number of aromatic nitrogens is 1. The molecule has 7 aromatic carbocycles. The van der Waals surface area contributed by atoms with E-state index in [2.05, 4.69) is 91.0 Å². The molecule has 39 heavy (non-hydrogen) atoms. The van der Waals surface area contributed by atoms with Crippen LogP contribution in [0.4, 0.5) is 0 Å². The lowest BCUT2D eigenvalue weighted by molar-refractivity contribution is 1.06. The zero-order valence-electron chi connectivity index (χ0n) is 21.1. The molecule has 1 heterocycles. The fraction of sp³-hybridized carbons (Fsp3) is 0. The molecule has 8 rings (SSSR count). The van der Waals surface area contributed by atoms with Crippen LogP contribution in [0.1, 0.15) is 0 Å². The van der Waals surface area contributed by atoms with Crippen LogP contribution in [0.25, 0.3) is 70.8 Å². The Morgan fingerprint density at radius 1 is 0.436 bits per heavy atom. The molecule has 0 bridgehead atoms. The van der Waals surface area contributed by atoms with Gasteiger partial charge in [0.05, 0.1) is 5.52 Å². The van der Waals surface area contributed by atoms with E-state index in [1.807, 2.05) is 53.1 Å². The summed E-state index contributed by atoms with van der Waals surface area (Å²) >= 11 is 0. The first kappa shape index (κ1) is 21.8. The first-order chi connectivity index (χ1) is 19.3. The van der Waals surface area contributed by atoms with E-state index in [9.17, 15) is 4.79 Å². The quantitative estimate of drug-likeness (QED) is 0.218. The molecule has 0 N–H and O–H groups in total. The third-order valence-corrected chi connectivity index (χ3v) is 7.96. The molecular formula is C37H23NO. The lowest BCUT2D eigenvalue weighted by Gasteiger charge is -2.16. The molecule has 1 aromatic heterocycles. The standard InChI is InChI=1S/C37H23NO/c39-37-32-17-9-7-15-30(32)34-22-25(20-21-35(34)38(37)27-11-2-1-3-12-27)33-23-26-19-18-24-10-4-5-13-28(24)36(26)31-16-8-6-14-29(31)33/h1-23H. The molecule has 0 saturated heterocycles. The van der Waals surface area contributed by atoms with E-state index in [-0.39, 0.29) is 5.56 Å². The number of hydrogen-bond donors (Lipinski definition) is 0. The monoisotopic (exact) mass is 497 g/mol. The second-order valence-corrected chi connectivity index (χ2v) is 10.1. The van der Waals surface area contributed by atoms with Gasteiger partial charge in [-0.2, -0.15) is 0 Å². The number of pyridine rings is 1. The minimum Gasteiger partial charge on any atom is -0.276 e. The smallest absolute Gasteiger partial charge is 0.263 e. The van der Waals surface area contributed by atoms with Crippen LogP contribution < -0.4 is 5.56 Å². The summed E-state index contributed by atoms with van der Waals surface area (Å²) in [5.41, 5.74) is 4.10. The van der Waals surface area contributed by atoms with E-state index in [1.165, 1.54) is 37.9 Å². The minimum absolute atomic E-state index is 0.0000769. The molecule has 2 heteroatoms. The van der Waals surface area contributed by atoms with Gasteiger partial charge in [-0.15, -0.1) is 0 Å². The summed E-state index contributed by atoms with van der Waals surface area (Å²) < 4.78 is 1.84. The highest BCUT2D eigenvalue weighted by Gasteiger charge is 2.15. The largest absolute Gasteiger partial charge is 0.276 e. The molecule has 2 nitrogen and oxygen atoms in total. The summed E-state index contributed by atoms with van der Waals surface area (Å²) in [5.74, 6) is 0. The Labute approximate surface area is 225 Å². The van der Waals surface area contributed by atoms with Crippen molar-refractivity contribution < 1.29 is 0 Å². The van der Waals surface area contributed by atoms with Gasteiger partial charge in [0.15, 0.2) is 0 Å². The third kappa shape index (κ3) is 3.25. The van der Waals surface area contributed by atoms with Crippen LogP contribution in [0, 0.1) is 0 Å². The van der Waals surface area contributed by atoms with Crippen molar-refractivity contribution in [2.75, 3.05) is 0 Å². The number of para-hydroxylation sites is 1. The topological polar surface area (TPSA) is 22.0 Å². The predicted molar refractivity (Wildman–Crippen MR) is 165 cm³/mol. The molecule has 0 aliphatic rings. The molecular weight excluding hydrogens is 474 g/mol. The number of hydrogen-bond acceptors (Lipinski definition) is 1. The maximum Gasteiger partial charge on any atom is 0.263 e. The van der Waals surface area contributed by atoms with Crippen LogP contribution in [0.5, 0.6) is 0 Å². The van der Waals surface area contributed by atoms with E-state index in [4.69, 9.17) is 0 Å². The van der Waals surface area contributed by atoms with E-state index in [0.29, 0.717) is 0 Å². The van der Waals surface area contributed by atoms with Gasteiger partial charge in [0.2, 0.25) is 0 Å². The second-order valence-electron chi connectivity index (χ2n) is 10.1. The van der Waals surface area contributed by atoms with Crippen molar-refractivity contribution in [1.82, 2.24) is 4.57 Å². The van der Waals surface area contributed by atoms with Gasteiger partial charge in [-0.05, 0) is 85.2 Å². The summed E-state index contributed by atoms with van der Waals surface area (Å²) in [5, 5.41) is 10.3. The normalized spacial score (nSPS) is 11.7. The van der Waals surface area contributed by atoms with Gasteiger partial charge in [0.1, 0.15) is 0 Å². The fourth-order valence-corrected chi connectivity index (χ4v) is 6.20. The third-order valence-electron chi connectivity index (χ3n) is 7.96. The Morgan fingerprint density at radius 2 is 1.08 bits per heavy atom. The first-order valence-electron chi connectivity index (χ1n) is 13.2. The lowest BCUT2D eigenvalue weighted by Crippen LogP contribution is -2.19. The molecule has 0 aliphatic heterocycles. The summed E-state index contributed by atoms with van der Waals surface area (Å²) in [7, 11) is 0. The molecule has 8 aromatic rings. The Balaban J connectivity index is 1.48. The van der Waals surface area contributed by atoms with Crippen LogP contribution in [0.2, 0.25) is 0 Å². The number of rotatable bonds is 2. The van der Waals surface area contributed by atoms with Crippen LogP contribution in [0.15, 0.2) is 144 Å². The van der Waals surface area contributed by atoms with Crippen molar-refractivity contribution in [1.29, 1.82) is 0 Å². The van der Waals surface area contributed by atoms with E-state index in [0.717, 1.165) is 32.9 Å². The number of benzene rings is 7. The van der Waals surface area contributed by atoms with Crippen molar-refractivity contribution >= 4 is 54.0 Å². The fourth-order valence-electron chi connectivity index (χ4n) is 6.20. The van der Waals surface area contributed by atoms with Crippen molar-refractivity contribution in [2.45, 2.75) is 0 Å². The maximum atomic E-state index is 13.7. The van der Waals surface area contributed by atoms with Crippen molar-refractivity contribution in [3.05, 3.63) is 150 Å². The molecule has 0 amide bonds. The Kier molecular flexibility index (Phi) is 4.71. The van der Waals surface area contributed by atoms with Crippen molar-refractivity contribution in [2.24, 2.45) is 0 Å². The summed E-state index contributed by atoms with van der Waals surface area (Å²) in [6.07, 6.45) is 0. The highest BCUT2D eigenvalue weighted by atomic mass is 16.1. The van der Waals surface area contributed by atoms with Crippen LogP contribution in [-0.2, 0) is 0 Å². The lowest BCUT2D eigenvalue weighted by atomic mass is 9.90. The molecule has 0 radical (unpaired) electrons. The van der Waals surface area contributed by atoms with Crippen LogP contribution in [0.3, 0.4) is 0 Å². The molecule has 0 unspecified atom stereocenters. The summed E-state index contributed by atoms with van der Waals surface area (Å²) in [6.45, 7) is 0. The zero-order valence-corrected chi connectivity index (χ0v) is 21.1. The Morgan fingerprint density at radius 3 is 1.90 bits per heavy atom. The van der Waals surface area contributed by atoms with Gasteiger partial charge in [-0.1, -0.05) is 103 Å². The Bertz CT molecular complexity index is 2290. The minimum atomic E-state index is 0.0000769. The van der Waals surface area contributed by atoms with Crippen LogP contribution >= 0.6 is 0 Å². The predicted octanol–water partition coefficient (Wildman–Crippen LogP) is 9.27. The highest BCUT2D eigenvalue weighted by molar-refractivity contribution is 6.23. The molecule has 0 saturated carbocycles. The molecule has 0 spiro atoms. The van der Waals surface area contributed by atoms with Gasteiger partial charge >= 0.3 is 0 Å². The molecule has 0 atom stereocenters. The number of nitrogens with zero attached hydrogens (tertiary/aromatic N) is 1. The van der Waals surface area contributed by atoms with Crippen molar-refractivity contribution in [3.63, 3.8) is 0 Å². The van der Waals surface area contributed by atoms with Gasteiger partial charge in [0.25, 0.3) is 5.56 Å². The zero-order chi connectivity index (χ0) is 25.9. The summed E-state index contributed by atoms with van der Waals surface area (Å²) in [4.78, 5) is 13.7. The van der Waals surface area contributed by atoms with Gasteiger partial charge in [-0.25, -0.2) is 0 Å². The van der Waals surface area contributed by atoms with Gasteiger partial charge < -0.3 is 0 Å². The second kappa shape index (κ2) is 8.41. The van der Waals surface area contributed by atoms with Gasteiger partial charge in [-0.3, -0.25) is 9.36 Å². The van der Waals surface area contributed by atoms with E-state index < -0.39 is 0 Å². The molecule has 0 aliphatic carbocycles. The average molecular weight is 498 g/mol. The molecule has 0 fully saturated rings. The van der Waals surface area contributed by atoms with Crippen LogP contribution in [-0.4, -0.2) is 4.57 Å². The van der Waals surface area contributed by atoms with Gasteiger partial charge in [0, 0.05) is 16.5 Å². The highest BCUT2D eigenvalue weighted by Crippen LogP contribution is 2.39. The Hall–Kier alpha value is -5.21. The SMILES string of the molecule is O=c1c2ccccc2c2cc(-c3cc4ccc5ccccc5c4c4ccccc34)ccc2n1-c1ccccc1. The number of fused-ring (bicyclic) bond motifs is 8. The van der Waals surface area contributed by atoms with E-state index in [1.54, 1.807) is 0 Å². The molecule has 182 valence electrons. The van der Waals surface area contributed by atoms with Crippen molar-refractivity contribution in [3.8, 4) is 16.8 Å². The van der Waals surface area contributed by atoms with E-state index >= 15 is 0 Å². The average Bonchev–Trinajstić information content (AvgIpc) is 3.01. The first-order valence-corrected chi connectivity index (χ1v) is 13.2.